The smallest absolute Gasteiger partial charge is 0.235 e. The summed E-state index contributed by atoms with van der Waals surface area (Å²) in [5.74, 6) is -0.489. The summed E-state index contributed by atoms with van der Waals surface area (Å²) < 4.78 is 14.6. The van der Waals surface area contributed by atoms with E-state index in [1.54, 1.807) is 6.07 Å². The molecule has 0 fully saturated rings. The highest BCUT2D eigenvalue weighted by atomic mass is 32.1. The molecule has 22 heavy (non-hydrogen) atoms. The van der Waals surface area contributed by atoms with Gasteiger partial charge < -0.3 is 10.6 Å². The van der Waals surface area contributed by atoms with E-state index in [2.05, 4.69) is 10.6 Å². The molecule has 1 aromatic carbocycles. The average molecular weight is 318 g/mol. The zero-order chi connectivity index (χ0) is 15.7. The molecule has 2 N–H and O–H groups in total. The molecular weight excluding hydrogens is 299 g/mol. The first kappa shape index (κ1) is 15.2. The molecule has 1 aliphatic heterocycles. The Balaban J connectivity index is 1.86. The highest BCUT2D eigenvalue weighted by molar-refractivity contribution is 7.10. The van der Waals surface area contributed by atoms with Crippen LogP contribution in [-0.2, 0) is 23.2 Å². The summed E-state index contributed by atoms with van der Waals surface area (Å²) in [5, 5.41) is 7.92. The van der Waals surface area contributed by atoms with Crippen molar-refractivity contribution in [2.24, 2.45) is 0 Å². The van der Waals surface area contributed by atoms with Crippen LogP contribution in [0.25, 0.3) is 0 Å². The lowest BCUT2D eigenvalue weighted by molar-refractivity contribution is -0.120. The van der Waals surface area contributed by atoms with Crippen molar-refractivity contribution in [2.75, 3.05) is 11.9 Å². The minimum Gasteiger partial charge on any atom is -0.323 e. The van der Waals surface area contributed by atoms with Crippen LogP contribution in [0, 0.1) is 5.82 Å². The van der Waals surface area contributed by atoms with E-state index in [9.17, 15) is 9.18 Å². The number of anilines is 1. The zero-order valence-electron chi connectivity index (χ0n) is 12.7. The Kier molecular flexibility index (Phi) is 4.02. The van der Waals surface area contributed by atoms with E-state index in [1.165, 1.54) is 11.3 Å². The van der Waals surface area contributed by atoms with Crippen LogP contribution in [0.1, 0.15) is 29.9 Å². The first-order chi connectivity index (χ1) is 10.5. The normalized spacial score (nSPS) is 14.5. The van der Waals surface area contributed by atoms with Crippen LogP contribution in [-0.4, -0.2) is 12.5 Å². The van der Waals surface area contributed by atoms with Gasteiger partial charge in [0.25, 0.3) is 0 Å². The molecule has 0 saturated carbocycles. The molecule has 0 bridgehead atoms. The number of thiophene rings is 1. The number of amides is 1. The molecule has 2 heterocycles. The van der Waals surface area contributed by atoms with Crippen LogP contribution < -0.4 is 10.6 Å². The molecule has 0 spiro atoms. The number of nitrogens with one attached hydrogen (secondary N) is 2. The predicted octanol–water partition coefficient (Wildman–Crippen LogP) is 3.45. The monoisotopic (exact) mass is 318 g/mol. The maximum atomic E-state index is 14.6. The minimum absolute atomic E-state index is 0.192. The maximum Gasteiger partial charge on any atom is 0.235 e. The lowest BCUT2D eigenvalue weighted by atomic mass is 9.90. The Morgan fingerprint density at radius 1 is 1.36 bits per heavy atom. The molecule has 5 heteroatoms. The molecule has 1 amide bonds. The van der Waals surface area contributed by atoms with Gasteiger partial charge >= 0.3 is 0 Å². The zero-order valence-corrected chi connectivity index (χ0v) is 13.5. The third-order valence-corrected chi connectivity index (χ3v) is 5.35. The number of hydrogen-bond acceptors (Lipinski definition) is 3. The standard InChI is InChI=1S/C17H19FN2OS/c1-17(2,14-4-3-9-22-14)16(21)20-13-6-5-11-10-19-8-7-12(11)15(13)18/h3-6,9,19H,7-8,10H2,1-2H3,(H,20,21). The second-order valence-electron chi connectivity index (χ2n) is 6.05. The summed E-state index contributed by atoms with van der Waals surface area (Å²) >= 11 is 1.53. The van der Waals surface area contributed by atoms with Crippen molar-refractivity contribution in [3.8, 4) is 0 Å². The van der Waals surface area contributed by atoms with E-state index < -0.39 is 5.41 Å². The van der Waals surface area contributed by atoms with Gasteiger partial charge in [0.2, 0.25) is 5.91 Å². The first-order valence-corrected chi connectivity index (χ1v) is 8.24. The van der Waals surface area contributed by atoms with Crippen molar-refractivity contribution in [1.29, 1.82) is 0 Å². The van der Waals surface area contributed by atoms with E-state index in [0.717, 1.165) is 17.0 Å². The van der Waals surface area contributed by atoms with Gasteiger partial charge in [0.15, 0.2) is 0 Å². The summed E-state index contributed by atoms with van der Waals surface area (Å²) in [6.45, 7) is 5.16. The third kappa shape index (κ3) is 2.66. The number of carbonyl (C=O) groups is 1. The third-order valence-electron chi connectivity index (χ3n) is 4.16. The molecule has 1 aromatic heterocycles. The number of carbonyl (C=O) groups excluding carboxylic acids is 1. The van der Waals surface area contributed by atoms with Gasteiger partial charge in [-0.3, -0.25) is 4.79 Å². The molecule has 1 aliphatic rings. The van der Waals surface area contributed by atoms with Crippen LogP contribution in [0.15, 0.2) is 29.6 Å². The van der Waals surface area contributed by atoms with Gasteiger partial charge in [-0.2, -0.15) is 0 Å². The Labute approximate surface area is 133 Å². The highest BCUT2D eigenvalue weighted by Gasteiger charge is 2.31. The highest BCUT2D eigenvalue weighted by Crippen LogP contribution is 2.30. The molecule has 0 atom stereocenters. The molecular formula is C17H19FN2OS. The Morgan fingerprint density at radius 2 is 2.18 bits per heavy atom. The molecule has 2 aromatic rings. The number of benzene rings is 1. The summed E-state index contributed by atoms with van der Waals surface area (Å²) in [7, 11) is 0. The predicted molar refractivity (Wildman–Crippen MR) is 87.8 cm³/mol. The molecule has 0 radical (unpaired) electrons. The van der Waals surface area contributed by atoms with Crippen LogP contribution in [0.3, 0.4) is 0 Å². The van der Waals surface area contributed by atoms with Crippen molar-refractivity contribution in [2.45, 2.75) is 32.2 Å². The fourth-order valence-corrected chi connectivity index (χ4v) is 3.50. The van der Waals surface area contributed by atoms with Gasteiger partial charge in [0.1, 0.15) is 5.82 Å². The molecule has 0 unspecified atom stereocenters. The topological polar surface area (TPSA) is 41.1 Å². The molecule has 0 aliphatic carbocycles. The molecule has 3 rings (SSSR count). The van der Waals surface area contributed by atoms with Crippen molar-refractivity contribution >= 4 is 22.9 Å². The number of rotatable bonds is 3. The van der Waals surface area contributed by atoms with Crippen LogP contribution in [0.5, 0.6) is 0 Å². The summed E-state index contributed by atoms with van der Waals surface area (Å²) in [5.41, 5.74) is 1.28. The van der Waals surface area contributed by atoms with E-state index in [1.807, 2.05) is 37.4 Å². The fourth-order valence-electron chi connectivity index (χ4n) is 2.65. The second kappa shape index (κ2) is 5.82. The molecule has 0 saturated heterocycles. The Hall–Kier alpha value is -1.72. The van der Waals surface area contributed by atoms with E-state index in [-0.39, 0.29) is 17.4 Å². The van der Waals surface area contributed by atoms with Gasteiger partial charge in [0, 0.05) is 11.4 Å². The Bertz CT molecular complexity index is 695. The van der Waals surface area contributed by atoms with Crippen molar-refractivity contribution in [3.05, 3.63) is 51.5 Å². The SMILES string of the molecule is CC(C)(C(=O)Nc1ccc2c(c1F)CCNC2)c1cccs1. The van der Waals surface area contributed by atoms with Gasteiger partial charge in [-0.25, -0.2) is 4.39 Å². The summed E-state index contributed by atoms with van der Waals surface area (Å²) in [4.78, 5) is 13.5. The Morgan fingerprint density at radius 3 is 2.91 bits per heavy atom. The van der Waals surface area contributed by atoms with Gasteiger partial charge in [-0.15, -0.1) is 11.3 Å². The number of hydrogen-bond donors (Lipinski definition) is 2. The lowest BCUT2D eigenvalue weighted by Gasteiger charge is -2.24. The number of halogens is 1. The second-order valence-corrected chi connectivity index (χ2v) is 7.00. The summed E-state index contributed by atoms with van der Waals surface area (Å²) in [6.07, 6.45) is 0.652. The average Bonchev–Trinajstić information content (AvgIpc) is 3.05. The van der Waals surface area contributed by atoms with E-state index >= 15 is 0 Å². The van der Waals surface area contributed by atoms with Gasteiger partial charge in [-0.05, 0) is 55.5 Å². The van der Waals surface area contributed by atoms with E-state index in [0.29, 0.717) is 18.5 Å². The maximum absolute atomic E-state index is 14.6. The number of fused-ring (bicyclic) bond motifs is 1. The fraction of sp³-hybridized carbons (Fsp3) is 0.353. The van der Waals surface area contributed by atoms with Crippen LogP contribution in [0.2, 0.25) is 0 Å². The molecule has 116 valence electrons. The van der Waals surface area contributed by atoms with Gasteiger partial charge in [0.05, 0.1) is 11.1 Å². The van der Waals surface area contributed by atoms with Crippen LogP contribution in [0.4, 0.5) is 10.1 Å². The van der Waals surface area contributed by atoms with Crippen LogP contribution >= 0.6 is 11.3 Å². The minimum atomic E-state index is -0.682. The molecule has 3 nitrogen and oxygen atoms in total. The quantitative estimate of drug-likeness (QED) is 0.910. The van der Waals surface area contributed by atoms with Crippen molar-refractivity contribution in [3.63, 3.8) is 0 Å². The largest absolute Gasteiger partial charge is 0.323 e. The van der Waals surface area contributed by atoms with Crippen molar-refractivity contribution < 1.29 is 9.18 Å². The van der Waals surface area contributed by atoms with Crippen molar-refractivity contribution in [1.82, 2.24) is 5.32 Å². The summed E-state index contributed by atoms with van der Waals surface area (Å²) in [6, 6.07) is 7.39. The lowest BCUT2D eigenvalue weighted by Crippen LogP contribution is -2.34. The van der Waals surface area contributed by atoms with Gasteiger partial charge in [-0.1, -0.05) is 12.1 Å². The first-order valence-electron chi connectivity index (χ1n) is 7.36. The van der Waals surface area contributed by atoms with E-state index in [4.69, 9.17) is 0 Å².